The highest BCUT2D eigenvalue weighted by Gasteiger charge is 2.18. The van der Waals surface area contributed by atoms with Gasteiger partial charge in [-0.1, -0.05) is 31.3 Å². The van der Waals surface area contributed by atoms with Gasteiger partial charge in [-0.2, -0.15) is 0 Å². The van der Waals surface area contributed by atoms with Crippen molar-refractivity contribution in [1.29, 1.82) is 0 Å². The molecule has 1 unspecified atom stereocenters. The Balaban J connectivity index is 2.51. The van der Waals surface area contributed by atoms with Gasteiger partial charge < -0.3 is 5.73 Å². The minimum absolute atomic E-state index is 0.179. The minimum atomic E-state index is -0.219. The lowest BCUT2D eigenvalue weighted by Gasteiger charge is -2.24. The number of benzene rings is 1. The first-order valence-electron chi connectivity index (χ1n) is 6.07. The third kappa shape index (κ3) is 4.80. The Morgan fingerprint density at radius 3 is 2.75 bits per heavy atom. The van der Waals surface area contributed by atoms with Crippen LogP contribution in [0.5, 0.6) is 0 Å². The average Bonchev–Trinajstić information content (AvgIpc) is 2.17. The fourth-order valence-electron chi connectivity index (χ4n) is 1.98. The summed E-state index contributed by atoms with van der Waals surface area (Å²) >= 11 is 0. The average molecular weight is 221 g/mol. The molecule has 0 amide bonds. The summed E-state index contributed by atoms with van der Waals surface area (Å²) in [5, 5.41) is 0. The van der Waals surface area contributed by atoms with Crippen molar-refractivity contribution in [2.24, 2.45) is 5.73 Å². The Morgan fingerprint density at radius 2 is 2.12 bits per heavy atom. The van der Waals surface area contributed by atoms with E-state index in [2.05, 4.69) is 7.85 Å². The Morgan fingerprint density at radius 1 is 1.38 bits per heavy atom. The van der Waals surface area contributed by atoms with Crippen LogP contribution >= 0.6 is 0 Å². The second-order valence-corrected chi connectivity index (χ2v) is 4.92. The van der Waals surface area contributed by atoms with Crippen molar-refractivity contribution in [2.45, 2.75) is 44.5 Å². The van der Waals surface area contributed by atoms with Crippen LogP contribution in [0.4, 0.5) is 4.39 Å². The van der Waals surface area contributed by atoms with E-state index in [4.69, 9.17) is 5.73 Å². The number of nitrogens with two attached hydrogens (primary N) is 1. The molecule has 0 aromatic heterocycles. The topological polar surface area (TPSA) is 26.0 Å². The van der Waals surface area contributed by atoms with Crippen LogP contribution in [-0.2, 0) is 6.42 Å². The van der Waals surface area contributed by atoms with Crippen LogP contribution in [0, 0.1) is 5.82 Å². The van der Waals surface area contributed by atoms with Crippen LogP contribution in [0.15, 0.2) is 24.3 Å². The second-order valence-electron chi connectivity index (χ2n) is 4.92. The van der Waals surface area contributed by atoms with Crippen molar-refractivity contribution >= 4 is 7.85 Å². The second kappa shape index (κ2) is 6.04. The summed E-state index contributed by atoms with van der Waals surface area (Å²) in [6.07, 6.45) is 5.32. The summed E-state index contributed by atoms with van der Waals surface area (Å²) in [6, 6.07) is 6.72. The molecule has 16 heavy (non-hydrogen) atoms. The Kier molecular flexibility index (Phi) is 5.00. The van der Waals surface area contributed by atoms with E-state index < -0.39 is 0 Å². The number of halogens is 1. The summed E-state index contributed by atoms with van der Waals surface area (Å²) in [6.45, 7) is 2.05. The monoisotopic (exact) mass is 221 g/mol. The highest BCUT2D eigenvalue weighted by atomic mass is 19.1. The van der Waals surface area contributed by atoms with Crippen LogP contribution < -0.4 is 5.73 Å². The molecule has 1 aromatic carbocycles. The fraction of sp³-hybridized carbons (Fsp3) is 0.538. The Labute approximate surface area is 98.6 Å². The predicted octanol–water partition coefficient (Wildman–Crippen LogP) is 2.31. The lowest BCUT2D eigenvalue weighted by atomic mass is 9.87. The minimum Gasteiger partial charge on any atom is -0.325 e. The molecule has 2 N–H and O–H groups in total. The lowest BCUT2D eigenvalue weighted by molar-refractivity contribution is 0.413. The molecule has 0 aliphatic rings. The summed E-state index contributed by atoms with van der Waals surface area (Å²) < 4.78 is 13.0. The molecule has 1 nitrogen and oxygen atoms in total. The van der Waals surface area contributed by atoms with E-state index >= 15 is 0 Å². The highest BCUT2D eigenvalue weighted by molar-refractivity contribution is 6.08. The number of hydrogen-bond acceptors (Lipinski definition) is 1. The largest absolute Gasteiger partial charge is 0.325 e. The van der Waals surface area contributed by atoms with Crippen LogP contribution in [0.1, 0.15) is 31.7 Å². The molecule has 0 aliphatic heterocycles. The highest BCUT2D eigenvalue weighted by Crippen LogP contribution is 2.18. The van der Waals surface area contributed by atoms with Gasteiger partial charge in [0.1, 0.15) is 13.7 Å². The first-order valence-corrected chi connectivity index (χ1v) is 6.07. The third-order valence-corrected chi connectivity index (χ3v) is 2.85. The van der Waals surface area contributed by atoms with Gasteiger partial charge in [-0.3, -0.25) is 0 Å². The van der Waals surface area contributed by atoms with E-state index in [1.165, 1.54) is 18.8 Å². The van der Waals surface area contributed by atoms with Gasteiger partial charge in [0.15, 0.2) is 0 Å². The summed E-state index contributed by atoms with van der Waals surface area (Å²) in [5.74, 6) is -0.179. The number of rotatable bonds is 6. The number of hydrogen-bond donors (Lipinski definition) is 1. The predicted molar refractivity (Wildman–Crippen MR) is 69.9 cm³/mol. The van der Waals surface area contributed by atoms with E-state index in [0.29, 0.717) is 0 Å². The van der Waals surface area contributed by atoms with Crippen LogP contribution in [0.2, 0.25) is 6.32 Å². The van der Waals surface area contributed by atoms with Gasteiger partial charge in [0.25, 0.3) is 0 Å². The molecule has 0 fully saturated rings. The van der Waals surface area contributed by atoms with Gasteiger partial charge in [0.05, 0.1) is 0 Å². The number of unbranched alkanes of at least 4 members (excludes halogenated alkanes) is 1. The van der Waals surface area contributed by atoms with Crippen molar-refractivity contribution in [1.82, 2.24) is 0 Å². The molecule has 3 heteroatoms. The zero-order valence-corrected chi connectivity index (χ0v) is 10.3. The molecular formula is C13H21BFN. The molecule has 1 rings (SSSR count). The summed E-state index contributed by atoms with van der Waals surface area (Å²) in [4.78, 5) is 0. The maximum Gasteiger partial charge on any atom is 0.123 e. The fourth-order valence-corrected chi connectivity index (χ4v) is 1.98. The molecule has 88 valence electrons. The zero-order chi connectivity index (χ0) is 12.0. The van der Waals surface area contributed by atoms with Crippen molar-refractivity contribution in [3.05, 3.63) is 35.6 Å². The van der Waals surface area contributed by atoms with E-state index in [1.807, 2.05) is 13.0 Å². The van der Waals surface area contributed by atoms with Gasteiger partial charge >= 0.3 is 0 Å². The van der Waals surface area contributed by atoms with Crippen molar-refractivity contribution in [3.63, 3.8) is 0 Å². The van der Waals surface area contributed by atoms with Gasteiger partial charge in [0, 0.05) is 5.54 Å². The maximum absolute atomic E-state index is 13.0. The van der Waals surface area contributed by atoms with E-state index in [0.717, 1.165) is 24.8 Å². The molecule has 0 heterocycles. The van der Waals surface area contributed by atoms with E-state index in [9.17, 15) is 4.39 Å². The first kappa shape index (κ1) is 13.2. The molecule has 0 saturated carbocycles. The van der Waals surface area contributed by atoms with Crippen molar-refractivity contribution in [3.8, 4) is 0 Å². The van der Waals surface area contributed by atoms with Crippen molar-refractivity contribution < 1.29 is 4.39 Å². The molecule has 0 bridgehead atoms. The standard InChI is InChI=1S/C13H21BFN/c1-13(16,7-2-3-8-14)10-11-5-4-6-12(15)9-11/h4-6,9H,2-3,7-8,10,14,16H2,1H3. The first-order chi connectivity index (χ1) is 7.53. The molecule has 1 aromatic rings. The third-order valence-electron chi connectivity index (χ3n) is 2.85. The molecule has 0 spiro atoms. The molecular weight excluding hydrogens is 200 g/mol. The normalized spacial score (nSPS) is 14.7. The van der Waals surface area contributed by atoms with Crippen molar-refractivity contribution in [2.75, 3.05) is 0 Å². The molecule has 0 radical (unpaired) electrons. The summed E-state index contributed by atoms with van der Waals surface area (Å²) in [7, 11) is 2.18. The SMILES string of the molecule is BCCCCC(C)(N)Cc1cccc(F)c1. The maximum atomic E-state index is 13.0. The smallest absolute Gasteiger partial charge is 0.123 e. The van der Waals surface area contributed by atoms with Crippen LogP contribution in [-0.4, -0.2) is 13.4 Å². The molecule has 0 saturated heterocycles. The van der Waals surface area contributed by atoms with Gasteiger partial charge in [-0.05, 0) is 37.5 Å². The van der Waals surface area contributed by atoms with Crippen LogP contribution in [0.25, 0.3) is 0 Å². The Hall–Kier alpha value is -0.825. The Bertz CT molecular complexity index is 325. The van der Waals surface area contributed by atoms with E-state index in [1.54, 1.807) is 12.1 Å². The quantitative estimate of drug-likeness (QED) is 0.579. The van der Waals surface area contributed by atoms with Crippen LogP contribution in [0.3, 0.4) is 0 Å². The van der Waals surface area contributed by atoms with E-state index in [-0.39, 0.29) is 11.4 Å². The summed E-state index contributed by atoms with van der Waals surface area (Å²) in [5.41, 5.74) is 6.99. The molecule has 0 aliphatic carbocycles. The zero-order valence-electron chi connectivity index (χ0n) is 10.3. The lowest BCUT2D eigenvalue weighted by Crippen LogP contribution is -2.38. The van der Waals surface area contributed by atoms with Gasteiger partial charge in [-0.25, -0.2) is 4.39 Å². The van der Waals surface area contributed by atoms with Gasteiger partial charge in [0.2, 0.25) is 0 Å². The molecule has 1 atom stereocenters. The van der Waals surface area contributed by atoms with Gasteiger partial charge in [-0.15, -0.1) is 0 Å².